The Morgan fingerprint density at radius 3 is 2.05 bits per heavy atom. The number of carbonyl (C=O) groups is 1. The van der Waals surface area contributed by atoms with E-state index in [1.54, 1.807) is 0 Å². The topological polar surface area (TPSA) is 17.1 Å². The molecule has 0 heterocycles. The molecule has 0 amide bonds. The summed E-state index contributed by atoms with van der Waals surface area (Å²) in [4.78, 5) is 12.5. The maximum Gasteiger partial charge on any atom is 0.159 e. The van der Waals surface area contributed by atoms with E-state index in [1.807, 2.05) is 0 Å². The van der Waals surface area contributed by atoms with Gasteiger partial charge in [0.15, 0.2) is 5.78 Å². The van der Waals surface area contributed by atoms with Gasteiger partial charge < -0.3 is 0 Å². The SMILES string of the molecule is CCC(C)C1=C(C(C)(C)C)C(=O)CC1C(C)C(C)C. The zero-order valence-electron chi connectivity index (χ0n) is 14.1. The van der Waals surface area contributed by atoms with E-state index in [0.29, 0.717) is 29.5 Å². The molecule has 1 aliphatic carbocycles. The number of Topliss-reactive ketones (excluding diaryl/α,β-unsaturated/α-hetero) is 1. The second kappa shape index (κ2) is 5.81. The number of hydrogen-bond donors (Lipinski definition) is 0. The van der Waals surface area contributed by atoms with Crippen LogP contribution in [0, 0.1) is 29.1 Å². The Bertz CT molecular complexity index is 368. The molecular formula is C18H32O. The van der Waals surface area contributed by atoms with Crippen LogP contribution in [0.5, 0.6) is 0 Å². The minimum Gasteiger partial charge on any atom is -0.295 e. The van der Waals surface area contributed by atoms with Crippen molar-refractivity contribution < 1.29 is 4.79 Å². The largest absolute Gasteiger partial charge is 0.295 e. The fraction of sp³-hybridized carbons (Fsp3) is 0.833. The Labute approximate surface area is 119 Å². The van der Waals surface area contributed by atoms with E-state index in [9.17, 15) is 4.79 Å². The Kier molecular flexibility index (Phi) is 5.03. The molecule has 0 spiro atoms. The Morgan fingerprint density at radius 1 is 1.16 bits per heavy atom. The third kappa shape index (κ3) is 3.30. The van der Waals surface area contributed by atoms with E-state index in [1.165, 1.54) is 5.57 Å². The minimum atomic E-state index is -0.0126. The zero-order chi connectivity index (χ0) is 15.0. The average Bonchev–Trinajstić information content (AvgIpc) is 2.64. The summed E-state index contributed by atoms with van der Waals surface area (Å²) in [6.07, 6.45) is 1.87. The molecule has 19 heavy (non-hydrogen) atoms. The van der Waals surface area contributed by atoms with Crippen molar-refractivity contribution in [3.8, 4) is 0 Å². The monoisotopic (exact) mass is 264 g/mol. The number of hydrogen-bond acceptors (Lipinski definition) is 1. The predicted molar refractivity (Wildman–Crippen MR) is 83.1 cm³/mol. The maximum absolute atomic E-state index is 12.5. The molecule has 0 saturated carbocycles. The summed E-state index contributed by atoms with van der Waals surface area (Å²) < 4.78 is 0. The fourth-order valence-electron chi connectivity index (χ4n) is 3.37. The molecule has 0 N–H and O–H groups in total. The van der Waals surface area contributed by atoms with E-state index in [-0.39, 0.29) is 5.41 Å². The Morgan fingerprint density at radius 2 is 1.68 bits per heavy atom. The van der Waals surface area contributed by atoms with Gasteiger partial charge in [-0.15, -0.1) is 0 Å². The second-order valence-corrected chi connectivity index (χ2v) is 7.73. The van der Waals surface area contributed by atoms with Crippen molar-refractivity contribution in [1.82, 2.24) is 0 Å². The summed E-state index contributed by atoms with van der Waals surface area (Å²) in [5.74, 6) is 2.63. The van der Waals surface area contributed by atoms with Crippen LogP contribution in [0.4, 0.5) is 0 Å². The Balaban J connectivity index is 3.31. The summed E-state index contributed by atoms with van der Waals surface area (Å²) >= 11 is 0. The van der Waals surface area contributed by atoms with Gasteiger partial charge in [-0.3, -0.25) is 4.79 Å². The van der Waals surface area contributed by atoms with Gasteiger partial charge in [-0.2, -0.15) is 0 Å². The molecule has 0 bridgehead atoms. The van der Waals surface area contributed by atoms with Gasteiger partial charge in [-0.05, 0) is 35.5 Å². The van der Waals surface area contributed by atoms with Gasteiger partial charge in [0.05, 0.1) is 0 Å². The summed E-state index contributed by atoms with van der Waals surface area (Å²) in [6, 6.07) is 0. The van der Waals surface area contributed by atoms with Crippen molar-refractivity contribution in [3.05, 3.63) is 11.1 Å². The molecule has 0 aliphatic heterocycles. The highest BCUT2D eigenvalue weighted by Gasteiger charge is 2.41. The zero-order valence-corrected chi connectivity index (χ0v) is 14.1. The van der Waals surface area contributed by atoms with E-state index < -0.39 is 0 Å². The van der Waals surface area contributed by atoms with Crippen LogP contribution >= 0.6 is 0 Å². The van der Waals surface area contributed by atoms with Gasteiger partial charge in [-0.1, -0.05) is 61.0 Å². The molecule has 110 valence electrons. The molecule has 0 aromatic carbocycles. The first-order valence-corrected chi connectivity index (χ1v) is 7.88. The van der Waals surface area contributed by atoms with Gasteiger partial charge in [0.1, 0.15) is 0 Å². The van der Waals surface area contributed by atoms with Crippen LogP contribution in [-0.2, 0) is 4.79 Å². The molecule has 1 heteroatoms. The average molecular weight is 264 g/mol. The first-order valence-electron chi connectivity index (χ1n) is 7.88. The number of allylic oxidation sites excluding steroid dienone is 2. The molecule has 0 fully saturated rings. The van der Waals surface area contributed by atoms with Crippen LogP contribution in [0.2, 0.25) is 0 Å². The molecule has 3 unspecified atom stereocenters. The van der Waals surface area contributed by atoms with Gasteiger partial charge in [-0.25, -0.2) is 0 Å². The third-order valence-corrected chi connectivity index (χ3v) is 4.95. The number of ketones is 1. The van der Waals surface area contributed by atoms with Crippen LogP contribution in [-0.4, -0.2) is 5.78 Å². The van der Waals surface area contributed by atoms with Crippen LogP contribution < -0.4 is 0 Å². The van der Waals surface area contributed by atoms with Gasteiger partial charge >= 0.3 is 0 Å². The summed E-state index contributed by atoms with van der Waals surface area (Å²) in [5.41, 5.74) is 2.60. The number of carbonyl (C=O) groups excluding carboxylic acids is 1. The second-order valence-electron chi connectivity index (χ2n) is 7.73. The summed E-state index contributed by atoms with van der Waals surface area (Å²) in [6.45, 7) is 18.0. The lowest BCUT2D eigenvalue weighted by atomic mass is 9.74. The van der Waals surface area contributed by atoms with Crippen molar-refractivity contribution in [1.29, 1.82) is 0 Å². The van der Waals surface area contributed by atoms with E-state index in [4.69, 9.17) is 0 Å². The van der Waals surface area contributed by atoms with Crippen LogP contribution in [0.3, 0.4) is 0 Å². The molecule has 0 aromatic heterocycles. The first kappa shape index (κ1) is 16.5. The maximum atomic E-state index is 12.5. The predicted octanol–water partition coefficient (Wildman–Crippen LogP) is 5.26. The fourth-order valence-corrected chi connectivity index (χ4v) is 3.37. The van der Waals surface area contributed by atoms with E-state index >= 15 is 0 Å². The first-order chi connectivity index (χ1) is 8.61. The molecule has 1 nitrogen and oxygen atoms in total. The third-order valence-electron chi connectivity index (χ3n) is 4.95. The smallest absolute Gasteiger partial charge is 0.159 e. The molecular weight excluding hydrogens is 232 g/mol. The summed E-state index contributed by atoms with van der Waals surface area (Å²) in [5, 5.41) is 0. The van der Waals surface area contributed by atoms with E-state index in [0.717, 1.165) is 18.4 Å². The van der Waals surface area contributed by atoms with Gasteiger partial charge in [0, 0.05) is 12.0 Å². The van der Waals surface area contributed by atoms with Crippen molar-refractivity contribution in [2.24, 2.45) is 29.1 Å². The van der Waals surface area contributed by atoms with Crippen molar-refractivity contribution >= 4 is 5.78 Å². The van der Waals surface area contributed by atoms with Crippen molar-refractivity contribution in [2.75, 3.05) is 0 Å². The lowest BCUT2D eigenvalue weighted by Gasteiger charge is -2.30. The van der Waals surface area contributed by atoms with Crippen LogP contribution in [0.1, 0.15) is 68.2 Å². The highest BCUT2D eigenvalue weighted by Crippen LogP contribution is 2.47. The van der Waals surface area contributed by atoms with Crippen molar-refractivity contribution in [3.63, 3.8) is 0 Å². The molecule has 0 saturated heterocycles. The van der Waals surface area contributed by atoms with Crippen molar-refractivity contribution in [2.45, 2.75) is 68.2 Å². The normalized spacial score (nSPS) is 24.3. The molecule has 1 rings (SSSR count). The quantitative estimate of drug-likeness (QED) is 0.677. The van der Waals surface area contributed by atoms with Gasteiger partial charge in [0.2, 0.25) is 0 Å². The Hall–Kier alpha value is -0.590. The standard InChI is InChI=1S/C18H32O/c1-9-12(4)16-14(13(5)11(2)3)10-15(19)17(16)18(6,7)8/h11-14H,9-10H2,1-8H3. The van der Waals surface area contributed by atoms with Crippen LogP contribution in [0.25, 0.3) is 0 Å². The summed E-state index contributed by atoms with van der Waals surface area (Å²) in [7, 11) is 0. The molecule has 0 aromatic rings. The van der Waals surface area contributed by atoms with Gasteiger partial charge in [0.25, 0.3) is 0 Å². The molecule has 0 radical (unpaired) electrons. The van der Waals surface area contributed by atoms with Crippen LogP contribution in [0.15, 0.2) is 11.1 Å². The molecule has 3 atom stereocenters. The number of rotatable bonds is 4. The lowest BCUT2D eigenvalue weighted by Crippen LogP contribution is -2.21. The highest BCUT2D eigenvalue weighted by molar-refractivity contribution is 6.00. The minimum absolute atomic E-state index is 0.0126. The van der Waals surface area contributed by atoms with E-state index in [2.05, 4.69) is 55.4 Å². The molecule has 1 aliphatic rings. The lowest BCUT2D eigenvalue weighted by molar-refractivity contribution is -0.116. The highest BCUT2D eigenvalue weighted by atomic mass is 16.1.